The summed E-state index contributed by atoms with van der Waals surface area (Å²) in [6.45, 7) is 4.20. The van der Waals surface area contributed by atoms with Gasteiger partial charge in [-0.15, -0.1) is 22.6 Å². The molecule has 2 aliphatic rings. The molecule has 8 heteroatoms. The quantitative estimate of drug-likeness (QED) is 0.693. The van der Waals surface area contributed by atoms with Gasteiger partial charge in [-0.25, -0.2) is 0 Å². The van der Waals surface area contributed by atoms with Gasteiger partial charge in [0.1, 0.15) is 17.3 Å². The maximum atomic E-state index is 12.9. The molecule has 2 N–H and O–H groups in total. The van der Waals surface area contributed by atoms with Crippen molar-refractivity contribution < 1.29 is 4.79 Å². The number of nitrogens with one attached hydrogen (secondary N) is 2. The van der Waals surface area contributed by atoms with Crippen LogP contribution >= 0.6 is 12.4 Å². The normalized spacial score (nSPS) is 16.9. The van der Waals surface area contributed by atoms with Crippen molar-refractivity contribution >= 4 is 18.3 Å². The number of carbonyl (C=O) groups excluding carboxylic acids is 1. The summed E-state index contributed by atoms with van der Waals surface area (Å²) < 4.78 is 2.26. The van der Waals surface area contributed by atoms with Gasteiger partial charge in [0.25, 0.3) is 5.91 Å². The number of likely N-dealkylation sites (tertiary alicyclic amines) is 1. The summed E-state index contributed by atoms with van der Waals surface area (Å²) in [7, 11) is 0. The van der Waals surface area contributed by atoms with Crippen LogP contribution in [-0.4, -0.2) is 50.2 Å². The number of aromatic amines is 1. The van der Waals surface area contributed by atoms with Crippen LogP contribution in [0.4, 0.5) is 0 Å². The molecule has 2 aromatic heterocycles. The van der Waals surface area contributed by atoms with Crippen LogP contribution in [0.25, 0.3) is 11.3 Å². The van der Waals surface area contributed by atoms with E-state index in [1.807, 2.05) is 47.4 Å². The Balaban J connectivity index is 0.00000205. The van der Waals surface area contributed by atoms with Crippen LogP contribution in [0.5, 0.6) is 0 Å². The first-order valence-corrected chi connectivity index (χ1v) is 9.96. The third-order valence-corrected chi connectivity index (χ3v) is 5.80. The van der Waals surface area contributed by atoms with E-state index < -0.39 is 0 Å². The molecule has 0 radical (unpaired) electrons. The molecule has 0 spiro atoms. The monoisotopic (exact) mass is 412 g/mol. The van der Waals surface area contributed by atoms with Crippen LogP contribution < -0.4 is 5.32 Å². The van der Waals surface area contributed by atoms with Crippen LogP contribution in [0, 0.1) is 0 Å². The van der Waals surface area contributed by atoms with E-state index in [2.05, 4.69) is 25.1 Å². The van der Waals surface area contributed by atoms with Crippen molar-refractivity contribution in [1.82, 2.24) is 30.0 Å². The van der Waals surface area contributed by atoms with Gasteiger partial charge in [0, 0.05) is 37.8 Å². The Morgan fingerprint density at radius 1 is 1.00 bits per heavy atom. The van der Waals surface area contributed by atoms with E-state index in [-0.39, 0.29) is 18.3 Å². The molecule has 1 fully saturated rings. The molecule has 152 valence electrons. The van der Waals surface area contributed by atoms with Crippen molar-refractivity contribution in [3.63, 3.8) is 0 Å². The minimum atomic E-state index is 0. The molecule has 1 aromatic carbocycles. The average Bonchev–Trinajstić information content (AvgIpc) is 3.42. The lowest BCUT2D eigenvalue weighted by Gasteiger charge is -2.32. The minimum Gasteiger partial charge on any atom is -0.351 e. The highest BCUT2D eigenvalue weighted by molar-refractivity contribution is 5.93. The van der Waals surface area contributed by atoms with Crippen LogP contribution in [0.15, 0.2) is 42.5 Å². The summed E-state index contributed by atoms with van der Waals surface area (Å²) in [6, 6.07) is 13.9. The predicted octanol–water partition coefficient (Wildman–Crippen LogP) is 2.82. The molecule has 5 rings (SSSR count). The van der Waals surface area contributed by atoms with Crippen molar-refractivity contribution in [2.45, 2.75) is 31.8 Å². The molecule has 2 aliphatic heterocycles. The molecule has 0 unspecified atom stereocenters. The number of H-pyrrole nitrogens is 1. The third-order valence-electron chi connectivity index (χ3n) is 5.80. The zero-order chi connectivity index (χ0) is 18.9. The van der Waals surface area contributed by atoms with Gasteiger partial charge >= 0.3 is 0 Å². The maximum Gasteiger partial charge on any atom is 0.270 e. The molecule has 1 saturated heterocycles. The number of halogens is 1. The first kappa shape index (κ1) is 19.7. The lowest BCUT2D eigenvalue weighted by Crippen LogP contribution is -2.39. The van der Waals surface area contributed by atoms with E-state index in [1.165, 1.54) is 0 Å². The van der Waals surface area contributed by atoms with E-state index in [4.69, 9.17) is 0 Å². The molecule has 0 saturated carbocycles. The van der Waals surface area contributed by atoms with Gasteiger partial charge in [-0.05, 0) is 30.5 Å². The van der Waals surface area contributed by atoms with Crippen LogP contribution in [-0.2, 0) is 13.1 Å². The average molecular weight is 413 g/mol. The third kappa shape index (κ3) is 3.80. The topological polar surface area (TPSA) is 78.8 Å². The van der Waals surface area contributed by atoms with Gasteiger partial charge in [0.05, 0.1) is 6.54 Å². The van der Waals surface area contributed by atoms with Crippen LogP contribution in [0.3, 0.4) is 0 Å². The zero-order valence-corrected chi connectivity index (χ0v) is 17.0. The molecule has 29 heavy (non-hydrogen) atoms. The fraction of sp³-hybridized carbons (Fsp3) is 0.381. The number of piperidine rings is 1. The largest absolute Gasteiger partial charge is 0.351 e. The van der Waals surface area contributed by atoms with E-state index >= 15 is 0 Å². The summed E-state index contributed by atoms with van der Waals surface area (Å²) >= 11 is 0. The molecule has 0 atom stereocenters. The standard InChI is InChI=1S/C21H24N6O.ClH/c28-21(18-7-6-17(23-18)15-4-2-1-3-5-15)26-11-8-16(9-12-26)20-25-24-19-14-22-10-13-27(19)20;/h1-7,16,22-23H,8-14H2;1H. The van der Waals surface area contributed by atoms with E-state index in [0.29, 0.717) is 11.6 Å². The molecule has 7 nitrogen and oxygen atoms in total. The second-order valence-corrected chi connectivity index (χ2v) is 7.52. The Labute approximate surface area is 175 Å². The number of benzene rings is 1. The number of aromatic nitrogens is 4. The van der Waals surface area contributed by atoms with Crippen molar-refractivity contribution in [3.8, 4) is 11.3 Å². The molecule has 3 aromatic rings. The van der Waals surface area contributed by atoms with E-state index in [0.717, 1.165) is 68.5 Å². The van der Waals surface area contributed by atoms with Gasteiger partial charge in [-0.3, -0.25) is 4.79 Å². The number of hydrogen-bond acceptors (Lipinski definition) is 4. The lowest BCUT2D eigenvalue weighted by molar-refractivity contribution is 0.0705. The Kier molecular flexibility index (Phi) is 5.69. The highest BCUT2D eigenvalue weighted by Gasteiger charge is 2.29. The maximum absolute atomic E-state index is 12.9. The van der Waals surface area contributed by atoms with Crippen molar-refractivity contribution in [3.05, 3.63) is 59.8 Å². The lowest BCUT2D eigenvalue weighted by atomic mass is 9.95. The summed E-state index contributed by atoms with van der Waals surface area (Å²) in [5, 5.41) is 12.1. The smallest absolute Gasteiger partial charge is 0.270 e. The molecule has 0 bridgehead atoms. The number of fused-ring (bicyclic) bond motifs is 1. The van der Waals surface area contributed by atoms with Gasteiger partial charge in [0.2, 0.25) is 0 Å². The number of nitrogens with zero attached hydrogens (tertiary/aromatic N) is 4. The highest BCUT2D eigenvalue weighted by atomic mass is 35.5. The summed E-state index contributed by atoms with van der Waals surface area (Å²) in [6.07, 6.45) is 1.87. The predicted molar refractivity (Wildman–Crippen MR) is 113 cm³/mol. The summed E-state index contributed by atoms with van der Waals surface area (Å²) in [5.74, 6) is 2.58. The first-order chi connectivity index (χ1) is 13.8. The second-order valence-electron chi connectivity index (χ2n) is 7.52. The number of amides is 1. The van der Waals surface area contributed by atoms with E-state index in [9.17, 15) is 4.79 Å². The Morgan fingerprint density at radius 3 is 2.59 bits per heavy atom. The summed E-state index contributed by atoms with van der Waals surface area (Å²) in [5.41, 5.74) is 2.72. The molecule has 0 aliphatic carbocycles. The minimum absolute atomic E-state index is 0. The van der Waals surface area contributed by atoms with Gasteiger partial charge < -0.3 is 19.8 Å². The summed E-state index contributed by atoms with van der Waals surface area (Å²) in [4.78, 5) is 18.2. The number of hydrogen-bond donors (Lipinski definition) is 2. The number of rotatable bonds is 3. The second kappa shape index (κ2) is 8.39. The van der Waals surface area contributed by atoms with Crippen molar-refractivity contribution in [1.29, 1.82) is 0 Å². The van der Waals surface area contributed by atoms with Crippen molar-refractivity contribution in [2.75, 3.05) is 19.6 Å². The SMILES string of the molecule is Cl.O=C(c1ccc(-c2ccccc2)[nH]1)N1CCC(c2nnc3n2CCNC3)CC1. The zero-order valence-electron chi connectivity index (χ0n) is 16.2. The molecule has 4 heterocycles. The Morgan fingerprint density at radius 2 is 1.79 bits per heavy atom. The fourth-order valence-corrected chi connectivity index (χ4v) is 4.23. The van der Waals surface area contributed by atoms with E-state index in [1.54, 1.807) is 0 Å². The van der Waals surface area contributed by atoms with Crippen molar-refractivity contribution in [2.24, 2.45) is 0 Å². The Hall–Kier alpha value is -2.64. The van der Waals surface area contributed by atoms with Crippen LogP contribution in [0.2, 0.25) is 0 Å². The fourth-order valence-electron chi connectivity index (χ4n) is 4.23. The Bertz CT molecular complexity index is 974. The number of carbonyl (C=O) groups is 1. The van der Waals surface area contributed by atoms with Gasteiger partial charge in [-0.2, -0.15) is 0 Å². The van der Waals surface area contributed by atoms with Gasteiger partial charge in [0.15, 0.2) is 0 Å². The molecular weight excluding hydrogens is 388 g/mol. The molecule has 1 amide bonds. The first-order valence-electron chi connectivity index (χ1n) is 9.96. The highest BCUT2D eigenvalue weighted by Crippen LogP contribution is 2.29. The van der Waals surface area contributed by atoms with Crippen LogP contribution in [0.1, 0.15) is 40.9 Å². The van der Waals surface area contributed by atoms with Gasteiger partial charge in [-0.1, -0.05) is 30.3 Å². The molecular formula is C21H25ClN6O.